The minimum Gasteiger partial charge on any atom is -0.321 e. The number of hydrogen-bond acceptors (Lipinski definition) is 4. The summed E-state index contributed by atoms with van der Waals surface area (Å²) in [5.74, 6) is -0.469. The number of thiophene rings is 1. The molecule has 9 heteroatoms. The summed E-state index contributed by atoms with van der Waals surface area (Å²) in [6, 6.07) is 11.0. The molecule has 0 aliphatic heterocycles. The summed E-state index contributed by atoms with van der Waals surface area (Å²) in [5, 5.41) is 2.67. The third kappa shape index (κ3) is 4.41. The topological polar surface area (TPSA) is 63.2 Å². The summed E-state index contributed by atoms with van der Waals surface area (Å²) in [6.45, 7) is 3.30. The van der Waals surface area contributed by atoms with Crippen LogP contribution in [0.4, 0.5) is 18.9 Å². The zero-order valence-electron chi connectivity index (χ0n) is 16.3. The Morgan fingerprint density at radius 2 is 1.60 bits per heavy atom. The first-order valence-electron chi connectivity index (χ1n) is 8.77. The lowest BCUT2D eigenvalue weighted by molar-refractivity contribution is -0.137. The predicted octanol–water partition coefficient (Wildman–Crippen LogP) is 5.71. The molecule has 0 fully saturated rings. The second kappa shape index (κ2) is 7.88. The van der Waals surface area contributed by atoms with Crippen molar-refractivity contribution in [2.75, 3.05) is 11.6 Å². The van der Waals surface area contributed by atoms with E-state index in [0.717, 1.165) is 23.7 Å². The fourth-order valence-electron chi connectivity index (χ4n) is 3.19. The van der Waals surface area contributed by atoms with E-state index in [1.165, 1.54) is 42.5 Å². The van der Waals surface area contributed by atoms with Gasteiger partial charge in [-0.15, -0.1) is 11.3 Å². The van der Waals surface area contributed by atoms with E-state index in [4.69, 9.17) is 0 Å². The van der Waals surface area contributed by atoms with Gasteiger partial charge in [-0.3, -0.25) is 4.79 Å². The SMILES string of the molecule is Cc1sc(C(=O)Nc2ccc(S(C)(=O)=O)cc2)c(C)c1-c1ccccc1C(F)(F)F. The van der Waals surface area contributed by atoms with Gasteiger partial charge in [0, 0.05) is 16.8 Å². The van der Waals surface area contributed by atoms with Gasteiger partial charge >= 0.3 is 6.18 Å². The minimum atomic E-state index is -4.51. The van der Waals surface area contributed by atoms with Crippen LogP contribution in [0.1, 0.15) is 25.7 Å². The number of amides is 1. The Morgan fingerprint density at radius 1 is 1.00 bits per heavy atom. The number of alkyl halides is 3. The molecule has 0 aliphatic carbocycles. The standard InChI is InChI=1S/C21H18F3NO3S2/c1-12-18(16-6-4-5-7-17(16)21(22,23)24)13(2)29-19(12)20(26)25-14-8-10-15(11-9-14)30(3,27)28/h4-11H,1-3H3,(H,25,26). The van der Waals surface area contributed by atoms with Gasteiger partial charge in [-0.2, -0.15) is 13.2 Å². The molecule has 1 amide bonds. The number of sulfone groups is 1. The summed E-state index contributed by atoms with van der Waals surface area (Å²) in [4.78, 5) is 13.8. The van der Waals surface area contributed by atoms with Crippen LogP contribution >= 0.6 is 11.3 Å². The third-order valence-electron chi connectivity index (χ3n) is 4.57. The minimum absolute atomic E-state index is 0.0350. The van der Waals surface area contributed by atoms with Crippen molar-refractivity contribution >= 4 is 32.8 Å². The van der Waals surface area contributed by atoms with Crippen LogP contribution in [0.25, 0.3) is 11.1 Å². The summed E-state index contributed by atoms with van der Waals surface area (Å²) < 4.78 is 63.4. The first kappa shape index (κ1) is 22.0. The van der Waals surface area contributed by atoms with Crippen LogP contribution in [0.2, 0.25) is 0 Å². The van der Waals surface area contributed by atoms with Crippen molar-refractivity contribution in [1.29, 1.82) is 0 Å². The summed E-state index contributed by atoms with van der Waals surface area (Å²) in [7, 11) is -3.36. The quantitative estimate of drug-likeness (QED) is 0.551. The second-order valence-electron chi connectivity index (χ2n) is 6.78. The molecule has 0 aliphatic rings. The van der Waals surface area contributed by atoms with Gasteiger partial charge in [-0.25, -0.2) is 8.42 Å². The first-order chi connectivity index (χ1) is 13.9. The van der Waals surface area contributed by atoms with Crippen LogP contribution in [-0.4, -0.2) is 20.6 Å². The highest BCUT2D eigenvalue weighted by atomic mass is 32.2. The van der Waals surface area contributed by atoms with Crippen molar-refractivity contribution < 1.29 is 26.4 Å². The Kier molecular flexibility index (Phi) is 5.79. The van der Waals surface area contributed by atoms with Crippen molar-refractivity contribution in [1.82, 2.24) is 0 Å². The third-order valence-corrected chi connectivity index (χ3v) is 6.91. The van der Waals surface area contributed by atoms with Gasteiger partial charge in [-0.1, -0.05) is 18.2 Å². The van der Waals surface area contributed by atoms with E-state index < -0.39 is 27.5 Å². The van der Waals surface area contributed by atoms with Crippen LogP contribution in [0.5, 0.6) is 0 Å². The number of hydrogen-bond donors (Lipinski definition) is 1. The molecule has 4 nitrogen and oxygen atoms in total. The molecule has 1 N–H and O–H groups in total. The van der Waals surface area contributed by atoms with Crippen LogP contribution in [-0.2, 0) is 16.0 Å². The van der Waals surface area contributed by atoms with Crippen molar-refractivity contribution in [3.63, 3.8) is 0 Å². The molecule has 30 heavy (non-hydrogen) atoms. The Balaban J connectivity index is 1.96. The molecular weight excluding hydrogens is 435 g/mol. The highest BCUT2D eigenvalue weighted by molar-refractivity contribution is 7.90. The number of rotatable bonds is 4. The fourth-order valence-corrected chi connectivity index (χ4v) is 4.89. The van der Waals surface area contributed by atoms with Gasteiger partial charge < -0.3 is 5.32 Å². The zero-order chi connectivity index (χ0) is 22.3. The molecule has 0 atom stereocenters. The van der Waals surface area contributed by atoms with Crippen molar-refractivity contribution in [2.24, 2.45) is 0 Å². The average Bonchev–Trinajstić information content (AvgIpc) is 2.95. The van der Waals surface area contributed by atoms with E-state index in [0.29, 0.717) is 26.6 Å². The number of aryl methyl sites for hydroxylation is 1. The van der Waals surface area contributed by atoms with E-state index >= 15 is 0 Å². The Labute approximate surface area is 176 Å². The van der Waals surface area contributed by atoms with Crippen molar-refractivity contribution in [3.8, 4) is 11.1 Å². The summed E-state index contributed by atoms with van der Waals surface area (Å²) in [5.41, 5.74) is 0.519. The second-order valence-corrected chi connectivity index (χ2v) is 10.0. The van der Waals surface area contributed by atoms with Crippen LogP contribution in [0.3, 0.4) is 0 Å². The van der Waals surface area contributed by atoms with E-state index in [1.807, 2.05) is 0 Å². The molecule has 2 aromatic carbocycles. The highest BCUT2D eigenvalue weighted by Crippen LogP contribution is 2.42. The van der Waals surface area contributed by atoms with Gasteiger partial charge in [0.15, 0.2) is 9.84 Å². The highest BCUT2D eigenvalue weighted by Gasteiger charge is 2.34. The lowest BCUT2D eigenvalue weighted by Crippen LogP contribution is -2.12. The van der Waals surface area contributed by atoms with Gasteiger partial charge in [0.2, 0.25) is 0 Å². The average molecular weight is 454 g/mol. The molecule has 0 bridgehead atoms. The first-order valence-corrected chi connectivity index (χ1v) is 11.5. The number of anilines is 1. The zero-order valence-corrected chi connectivity index (χ0v) is 17.9. The molecule has 0 radical (unpaired) electrons. The monoisotopic (exact) mass is 453 g/mol. The summed E-state index contributed by atoms with van der Waals surface area (Å²) in [6.07, 6.45) is -3.43. The van der Waals surface area contributed by atoms with Gasteiger partial charge in [-0.05, 0) is 60.9 Å². The Hall–Kier alpha value is -2.65. The Bertz CT molecular complexity index is 1210. The normalized spacial score (nSPS) is 12.1. The van der Waals surface area contributed by atoms with E-state index in [9.17, 15) is 26.4 Å². The lowest BCUT2D eigenvalue weighted by Gasteiger charge is -2.13. The molecule has 0 saturated heterocycles. The van der Waals surface area contributed by atoms with Gasteiger partial charge in [0.1, 0.15) is 0 Å². The number of carbonyl (C=O) groups excluding carboxylic acids is 1. The molecule has 0 spiro atoms. The maximum atomic E-state index is 13.4. The van der Waals surface area contributed by atoms with E-state index in [-0.39, 0.29) is 10.5 Å². The molecule has 3 aromatic rings. The van der Waals surface area contributed by atoms with Crippen LogP contribution in [0.15, 0.2) is 53.4 Å². The predicted molar refractivity (Wildman–Crippen MR) is 112 cm³/mol. The van der Waals surface area contributed by atoms with E-state index in [1.54, 1.807) is 13.8 Å². The molecule has 1 heterocycles. The maximum Gasteiger partial charge on any atom is 0.417 e. The van der Waals surface area contributed by atoms with Gasteiger partial charge in [0.25, 0.3) is 5.91 Å². The Morgan fingerprint density at radius 3 is 2.17 bits per heavy atom. The largest absolute Gasteiger partial charge is 0.417 e. The number of carbonyl (C=O) groups is 1. The molecule has 0 saturated carbocycles. The molecule has 1 aromatic heterocycles. The van der Waals surface area contributed by atoms with Crippen molar-refractivity contribution in [3.05, 3.63) is 69.4 Å². The number of halogens is 3. The molecule has 0 unspecified atom stereocenters. The molecule has 158 valence electrons. The lowest BCUT2D eigenvalue weighted by atomic mass is 9.96. The smallest absolute Gasteiger partial charge is 0.321 e. The van der Waals surface area contributed by atoms with Crippen LogP contribution in [0, 0.1) is 13.8 Å². The van der Waals surface area contributed by atoms with E-state index in [2.05, 4.69) is 5.32 Å². The summed E-state index contributed by atoms with van der Waals surface area (Å²) >= 11 is 1.11. The van der Waals surface area contributed by atoms with Crippen LogP contribution < -0.4 is 5.32 Å². The number of benzene rings is 2. The van der Waals surface area contributed by atoms with Gasteiger partial charge in [0.05, 0.1) is 15.3 Å². The number of nitrogens with one attached hydrogen (secondary N) is 1. The molecule has 3 rings (SSSR count). The van der Waals surface area contributed by atoms with Crippen molar-refractivity contribution in [2.45, 2.75) is 24.9 Å². The molecular formula is C21H18F3NO3S2. The fraction of sp³-hybridized carbons (Fsp3) is 0.190. The maximum absolute atomic E-state index is 13.4.